The van der Waals surface area contributed by atoms with Crippen LogP contribution in [0.4, 0.5) is 0 Å². The summed E-state index contributed by atoms with van der Waals surface area (Å²) in [6, 6.07) is 0. The van der Waals surface area contributed by atoms with Crippen LogP contribution in [0.2, 0.25) is 0 Å². The lowest BCUT2D eigenvalue weighted by Gasteiger charge is -2.62. The Hall–Kier alpha value is -2.74. The number of rotatable bonds is 4. The zero-order valence-electron chi connectivity index (χ0n) is 24.1. The number of carbonyl (C=O) groups excluding carboxylic acids is 5. The molecule has 232 valence electrons. The van der Waals surface area contributed by atoms with Gasteiger partial charge in [-0.25, -0.2) is 0 Å². The number of hydrogen-bond acceptors (Lipinski definition) is 13. The van der Waals surface area contributed by atoms with Gasteiger partial charge >= 0.3 is 29.8 Å². The first-order chi connectivity index (χ1) is 19.5. The molecule has 1 aliphatic carbocycles. The standard InChI is InChI=1S/C28H35ClO13/c1-10-17(29)23-28(11(2)25(35)41-23)24(40-15(6)33)20-26(7,21(34)19(18(10)42-28)38-13(4)31)22(39-14(5)32)16(37-12(3)30)8-27(20)9-36-27/h11,16-24,34H,1,8-9H2,2-7H3/t11-,16-,17-,18+,19+,20+,21-,22-,23-,24-,26-,27-,28-/m0/s1. The Morgan fingerprint density at radius 2 is 1.52 bits per heavy atom. The van der Waals surface area contributed by atoms with Crippen LogP contribution in [-0.4, -0.2) is 101 Å². The van der Waals surface area contributed by atoms with Gasteiger partial charge < -0.3 is 38.3 Å². The molecular formula is C28H35ClO13. The summed E-state index contributed by atoms with van der Waals surface area (Å²) in [6.45, 7) is 11.8. The molecule has 0 aromatic heterocycles. The van der Waals surface area contributed by atoms with E-state index in [1.54, 1.807) is 6.92 Å². The van der Waals surface area contributed by atoms with Gasteiger partial charge in [0.2, 0.25) is 0 Å². The molecule has 0 amide bonds. The number of fused-ring (bicyclic) bond motifs is 3. The SMILES string of the molecule is C=C1[C@H]2O[C@]3([C@@H](C)C(=O)O[C@H]3[C@H]1Cl)[C@@H](OC(C)=O)[C@H]1[C@@]3(CO3)C[C@H](OC(C)=O)[C@H](OC(C)=O)[C@]1(C)[C@@H](O)[C@@H]2OC(C)=O. The van der Waals surface area contributed by atoms with Crippen LogP contribution in [0.1, 0.15) is 48.0 Å². The molecule has 4 aliphatic heterocycles. The van der Waals surface area contributed by atoms with Gasteiger partial charge in [0.15, 0.2) is 17.8 Å². The van der Waals surface area contributed by atoms with Crippen LogP contribution in [0.15, 0.2) is 12.2 Å². The third-order valence-corrected chi connectivity index (χ3v) is 9.99. The topological polar surface area (TPSA) is 173 Å². The van der Waals surface area contributed by atoms with Gasteiger partial charge in [0.05, 0.1) is 17.9 Å². The quantitative estimate of drug-likeness (QED) is 0.155. The molecule has 2 bridgehead atoms. The third-order valence-electron chi connectivity index (χ3n) is 9.48. The fourth-order valence-electron chi connectivity index (χ4n) is 7.81. The van der Waals surface area contributed by atoms with Crippen molar-refractivity contribution in [3.05, 3.63) is 12.2 Å². The summed E-state index contributed by atoms with van der Waals surface area (Å²) in [5.41, 5.74) is -4.57. The average molecular weight is 615 g/mol. The maximum atomic E-state index is 13.2. The maximum absolute atomic E-state index is 13.2. The minimum Gasteiger partial charge on any atom is -0.459 e. The Morgan fingerprint density at radius 3 is 2.05 bits per heavy atom. The first-order valence-electron chi connectivity index (χ1n) is 13.7. The monoisotopic (exact) mass is 614 g/mol. The van der Waals surface area contributed by atoms with Crippen molar-refractivity contribution in [2.75, 3.05) is 6.61 Å². The number of aliphatic hydroxyl groups excluding tert-OH is 1. The van der Waals surface area contributed by atoms with Gasteiger partial charge in [0, 0.05) is 45.4 Å². The molecule has 1 N–H and O–H groups in total. The number of epoxide rings is 1. The summed E-state index contributed by atoms with van der Waals surface area (Å²) >= 11 is 6.87. The summed E-state index contributed by atoms with van der Waals surface area (Å²) in [6.07, 6.45) is -9.62. The molecule has 0 aromatic rings. The highest BCUT2D eigenvalue weighted by atomic mass is 35.5. The van der Waals surface area contributed by atoms with Gasteiger partial charge in [-0.1, -0.05) is 13.5 Å². The molecule has 1 saturated carbocycles. The van der Waals surface area contributed by atoms with Crippen molar-refractivity contribution >= 4 is 41.4 Å². The van der Waals surface area contributed by atoms with Crippen molar-refractivity contribution in [2.45, 2.75) is 107 Å². The smallest absolute Gasteiger partial charge is 0.312 e. The number of ether oxygens (including phenoxy) is 7. The largest absolute Gasteiger partial charge is 0.459 e. The van der Waals surface area contributed by atoms with Gasteiger partial charge in [-0.15, -0.1) is 11.6 Å². The highest BCUT2D eigenvalue weighted by molar-refractivity contribution is 6.23. The number of hydrogen-bond donors (Lipinski definition) is 1. The molecule has 5 aliphatic rings. The number of carbonyl (C=O) groups is 5. The highest BCUT2D eigenvalue weighted by Gasteiger charge is 2.81. The molecule has 4 saturated heterocycles. The predicted molar refractivity (Wildman–Crippen MR) is 139 cm³/mol. The van der Waals surface area contributed by atoms with E-state index in [4.69, 9.17) is 44.8 Å². The van der Waals surface area contributed by atoms with Crippen molar-refractivity contribution in [1.29, 1.82) is 0 Å². The Balaban J connectivity index is 1.84. The van der Waals surface area contributed by atoms with Gasteiger partial charge in [-0.3, -0.25) is 24.0 Å². The lowest BCUT2D eigenvalue weighted by molar-refractivity contribution is -0.315. The van der Waals surface area contributed by atoms with Crippen molar-refractivity contribution in [3.63, 3.8) is 0 Å². The summed E-state index contributed by atoms with van der Waals surface area (Å²) < 4.78 is 41.5. The summed E-state index contributed by atoms with van der Waals surface area (Å²) in [5, 5.41) is 11.2. The summed E-state index contributed by atoms with van der Waals surface area (Å²) in [7, 11) is 0. The summed E-state index contributed by atoms with van der Waals surface area (Å²) in [5.74, 6) is -5.80. The van der Waals surface area contributed by atoms with Gasteiger partial charge in [-0.05, 0) is 12.5 Å². The lowest BCUT2D eigenvalue weighted by atomic mass is 9.50. The number of aliphatic hydroxyl groups is 1. The van der Waals surface area contributed by atoms with Gasteiger partial charge in [-0.2, -0.15) is 0 Å². The Morgan fingerprint density at radius 1 is 0.976 bits per heavy atom. The second-order valence-corrected chi connectivity index (χ2v) is 12.5. The molecule has 0 radical (unpaired) electrons. The average Bonchev–Trinajstić information content (AvgIpc) is 3.59. The van der Waals surface area contributed by atoms with E-state index in [9.17, 15) is 29.1 Å². The molecule has 42 heavy (non-hydrogen) atoms. The van der Waals surface area contributed by atoms with E-state index in [2.05, 4.69) is 6.58 Å². The van der Waals surface area contributed by atoms with E-state index >= 15 is 0 Å². The van der Waals surface area contributed by atoms with Gasteiger partial charge in [0.25, 0.3) is 0 Å². The van der Waals surface area contributed by atoms with Crippen molar-refractivity contribution in [1.82, 2.24) is 0 Å². The molecule has 5 fully saturated rings. The van der Waals surface area contributed by atoms with Crippen LogP contribution in [0, 0.1) is 17.3 Å². The van der Waals surface area contributed by atoms with Crippen LogP contribution < -0.4 is 0 Å². The van der Waals surface area contributed by atoms with E-state index in [1.165, 1.54) is 20.8 Å². The van der Waals surface area contributed by atoms with Crippen LogP contribution in [0.25, 0.3) is 0 Å². The van der Waals surface area contributed by atoms with Crippen LogP contribution in [0.3, 0.4) is 0 Å². The molecule has 0 unspecified atom stereocenters. The molecule has 13 atom stereocenters. The molecular weight excluding hydrogens is 580 g/mol. The van der Waals surface area contributed by atoms with Gasteiger partial charge in [0.1, 0.15) is 36.1 Å². The first-order valence-corrected chi connectivity index (χ1v) is 14.2. The molecule has 14 heteroatoms. The van der Waals surface area contributed by atoms with E-state index in [0.717, 1.165) is 13.8 Å². The fraction of sp³-hybridized carbons (Fsp3) is 0.750. The molecule has 13 nitrogen and oxygen atoms in total. The van der Waals surface area contributed by atoms with Crippen LogP contribution in [0.5, 0.6) is 0 Å². The van der Waals surface area contributed by atoms with Crippen molar-refractivity contribution < 1.29 is 62.2 Å². The predicted octanol–water partition coefficient (Wildman–Crippen LogP) is 0.746. The maximum Gasteiger partial charge on any atom is 0.312 e. The van der Waals surface area contributed by atoms with Crippen molar-refractivity contribution in [3.8, 4) is 0 Å². The zero-order valence-corrected chi connectivity index (χ0v) is 24.9. The summed E-state index contributed by atoms with van der Waals surface area (Å²) in [4.78, 5) is 63.2. The number of alkyl halides is 1. The van der Waals surface area contributed by atoms with E-state index in [0.29, 0.717) is 0 Å². The second-order valence-electron chi connectivity index (χ2n) is 12.1. The number of esters is 5. The molecule has 2 spiro atoms. The molecule has 5 rings (SSSR count). The van der Waals surface area contributed by atoms with Crippen LogP contribution in [-0.2, 0) is 57.1 Å². The fourth-order valence-corrected chi connectivity index (χ4v) is 8.18. The minimum absolute atomic E-state index is 0.0160. The normalized spacial score (nSPS) is 47.1. The zero-order chi connectivity index (χ0) is 31.1. The second kappa shape index (κ2) is 10.2. The van der Waals surface area contributed by atoms with E-state index in [-0.39, 0.29) is 18.6 Å². The first kappa shape index (κ1) is 30.7. The lowest BCUT2D eigenvalue weighted by Crippen LogP contribution is -2.78. The van der Waals surface area contributed by atoms with Crippen LogP contribution >= 0.6 is 11.6 Å². The minimum atomic E-state index is -1.78. The van der Waals surface area contributed by atoms with E-state index in [1.807, 2.05) is 0 Å². The Bertz CT molecular complexity index is 1230. The van der Waals surface area contributed by atoms with Crippen molar-refractivity contribution in [2.24, 2.45) is 17.3 Å². The molecule has 4 heterocycles. The Kier molecular flexibility index (Phi) is 7.44. The number of halogens is 1. The molecule has 0 aromatic carbocycles. The highest BCUT2D eigenvalue weighted by Crippen LogP contribution is 2.65. The third kappa shape index (κ3) is 4.34. The van der Waals surface area contributed by atoms with E-state index < -0.39 is 106 Å². The Labute approximate surface area is 247 Å².